The number of hydrogen-bond acceptors (Lipinski definition) is 3. The summed E-state index contributed by atoms with van der Waals surface area (Å²) in [6, 6.07) is 3.19. The van der Waals surface area contributed by atoms with Crippen molar-refractivity contribution in [1.29, 1.82) is 0 Å². The average Bonchev–Trinajstić information content (AvgIpc) is 2.49. The topological polar surface area (TPSA) is 46.3 Å². The van der Waals surface area contributed by atoms with Crippen LogP contribution in [0.4, 0.5) is 8.78 Å². The van der Waals surface area contributed by atoms with Crippen LogP contribution in [-0.2, 0) is 0 Å². The molecule has 1 aliphatic rings. The molecule has 0 atom stereocenters. The molecule has 0 bridgehead atoms. The van der Waals surface area contributed by atoms with E-state index in [1.807, 2.05) is 6.26 Å². The Labute approximate surface area is 131 Å². The van der Waals surface area contributed by atoms with Crippen LogP contribution in [0.3, 0.4) is 0 Å². The van der Waals surface area contributed by atoms with Crippen molar-refractivity contribution in [1.82, 2.24) is 4.90 Å². The smallest absolute Gasteiger partial charge is 0.253 e. The lowest BCUT2D eigenvalue weighted by atomic mass is 9.95. The fourth-order valence-corrected chi connectivity index (χ4v) is 3.68. The zero-order chi connectivity index (χ0) is 15.6. The number of nitrogens with zero attached hydrogens (tertiary/aromatic N) is 1. The summed E-state index contributed by atoms with van der Waals surface area (Å²) >= 11 is 6.72. The Bertz CT molecular complexity index is 572. The number of amides is 1. The van der Waals surface area contributed by atoms with Crippen LogP contribution < -0.4 is 5.73 Å². The summed E-state index contributed by atoms with van der Waals surface area (Å²) in [7, 11) is 0. The number of carbonyl (C=O) groups is 1. The fourth-order valence-electron chi connectivity index (χ4n) is 2.43. The number of likely N-dealkylation sites (tertiary alicyclic amines) is 1. The SMILES string of the molecule is CSC1(C(N)=S)CCN(C(=O)c2ccc(F)c(F)c2)CC1. The van der Waals surface area contributed by atoms with Gasteiger partial charge in [-0.25, -0.2) is 8.78 Å². The molecule has 0 spiro atoms. The molecular weight excluding hydrogens is 314 g/mol. The minimum Gasteiger partial charge on any atom is -0.392 e. The van der Waals surface area contributed by atoms with E-state index in [1.165, 1.54) is 6.07 Å². The van der Waals surface area contributed by atoms with Crippen LogP contribution in [0.1, 0.15) is 23.2 Å². The van der Waals surface area contributed by atoms with Crippen LogP contribution in [0.5, 0.6) is 0 Å². The predicted octanol–water partition coefficient (Wildman–Crippen LogP) is 2.59. The minimum absolute atomic E-state index is 0.154. The summed E-state index contributed by atoms with van der Waals surface area (Å²) in [5, 5.41) is 0. The third-order valence-electron chi connectivity index (χ3n) is 3.86. The second-order valence-electron chi connectivity index (χ2n) is 4.98. The van der Waals surface area contributed by atoms with Gasteiger partial charge in [-0.15, -0.1) is 0 Å². The number of thioether (sulfide) groups is 1. The first-order valence-corrected chi connectivity index (χ1v) is 8.12. The molecule has 2 rings (SSSR count). The molecule has 1 aliphatic heterocycles. The molecule has 2 N–H and O–H groups in total. The van der Waals surface area contributed by atoms with Gasteiger partial charge >= 0.3 is 0 Å². The highest BCUT2D eigenvalue weighted by Crippen LogP contribution is 2.35. The van der Waals surface area contributed by atoms with Crippen molar-refractivity contribution in [2.24, 2.45) is 5.73 Å². The maximum absolute atomic E-state index is 13.2. The van der Waals surface area contributed by atoms with E-state index < -0.39 is 11.6 Å². The van der Waals surface area contributed by atoms with Gasteiger partial charge in [-0.2, -0.15) is 11.8 Å². The van der Waals surface area contributed by atoms with E-state index in [1.54, 1.807) is 16.7 Å². The monoisotopic (exact) mass is 330 g/mol. The van der Waals surface area contributed by atoms with Gasteiger partial charge < -0.3 is 10.6 Å². The molecule has 21 heavy (non-hydrogen) atoms. The Balaban J connectivity index is 2.09. The number of thiocarbonyl (C=S) groups is 1. The summed E-state index contributed by atoms with van der Waals surface area (Å²) in [6.45, 7) is 0.992. The Morgan fingerprint density at radius 1 is 1.33 bits per heavy atom. The molecule has 0 aliphatic carbocycles. The lowest BCUT2D eigenvalue weighted by Gasteiger charge is -2.40. The molecule has 7 heteroatoms. The molecular formula is C14H16F2N2OS2. The van der Waals surface area contributed by atoms with Crippen LogP contribution >= 0.6 is 24.0 Å². The Hall–Kier alpha value is -1.21. The summed E-state index contributed by atoms with van der Waals surface area (Å²) in [4.78, 5) is 14.4. The van der Waals surface area contributed by atoms with Crippen molar-refractivity contribution in [3.63, 3.8) is 0 Å². The molecule has 1 aromatic rings. The predicted molar refractivity (Wildman–Crippen MR) is 84.5 cm³/mol. The molecule has 3 nitrogen and oxygen atoms in total. The fraction of sp³-hybridized carbons (Fsp3) is 0.429. The van der Waals surface area contributed by atoms with Crippen LogP contribution in [0.15, 0.2) is 18.2 Å². The van der Waals surface area contributed by atoms with Gasteiger partial charge in [0.15, 0.2) is 11.6 Å². The number of benzene rings is 1. The average molecular weight is 330 g/mol. The van der Waals surface area contributed by atoms with Crippen LogP contribution in [0.25, 0.3) is 0 Å². The number of nitrogens with two attached hydrogens (primary N) is 1. The van der Waals surface area contributed by atoms with Gasteiger partial charge in [0.05, 0.1) is 9.74 Å². The standard InChI is InChI=1S/C14H16F2N2OS2/c1-21-14(13(17)20)4-6-18(7-5-14)12(19)9-2-3-10(15)11(16)8-9/h2-3,8H,4-7H2,1H3,(H2,17,20). The van der Waals surface area contributed by atoms with Gasteiger partial charge in [0.2, 0.25) is 0 Å². The van der Waals surface area contributed by atoms with Crippen molar-refractivity contribution in [2.45, 2.75) is 17.6 Å². The highest BCUT2D eigenvalue weighted by molar-refractivity contribution is 8.02. The van der Waals surface area contributed by atoms with Crippen LogP contribution in [0, 0.1) is 11.6 Å². The Morgan fingerprint density at radius 2 is 1.95 bits per heavy atom. The van der Waals surface area contributed by atoms with Crippen molar-refractivity contribution in [2.75, 3.05) is 19.3 Å². The highest BCUT2D eigenvalue weighted by atomic mass is 32.2. The van der Waals surface area contributed by atoms with Crippen molar-refractivity contribution < 1.29 is 13.6 Å². The van der Waals surface area contributed by atoms with E-state index in [-0.39, 0.29) is 16.2 Å². The summed E-state index contributed by atoms with van der Waals surface area (Å²) in [5.41, 5.74) is 5.95. The lowest BCUT2D eigenvalue weighted by Crippen LogP contribution is -2.50. The van der Waals surface area contributed by atoms with Gasteiger partial charge in [-0.3, -0.25) is 4.79 Å². The third-order valence-corrected chi connectivity index (χ3v) is 5.79. The zero-order valence-electron chi connectivity index (χ0n) is 11.6. The molecule has 0 unspecified atom stereocenters. The van der Waals surface area contributed by atoms with E-state index in [0.29, 0.717) is 30.9 Å². The molecule has 0 radical (unpaired) electrons. The molecule has 114 valence electrons. The van der Waals surface area contributed by atoms with Gasteiger partial charge in [0.25, 0.3) is 5.91 Å². The molecule has 1 heterocycles. The number of carbonyl (C=O) groups excluding carboxylic acids is 1. The van der Waals surface area contributed by atoms with E-state index in [9.17, 15) is 13.6 Å². The number of rotatable bonds is 3. The molecule has 1 fully saturated rings. The Kier molecular flexibility index (Phi) is 4.83. The third kappa shape index (κ3) is 3.18. The van der Waals surface area contributed by atoms with Gasteiger partial charge in [-0.05, 0) is 37.3 Å². The van der Waals surface area contributed by atoms with Crippen molar-refractivity contribution in [3.8, 4) is 0 Å². The van der Waals surface area contributed by atoms with Crippen molar-refractivity contribution >= 4 is 34.9 Å². The Morgan fingerprint density at radius 3 is 2.43 bits per heavy atom. The summed E-state index contributed by atoms with van der Waals surface area (Å²) in [6.07, 6.45) is 3.28. The van der Waals surface area contributed by atoms with Gasteiger partial charge in [0, 0.05) is 18.7 Å². The number of halogens is 2. The minimum atomic E-state index is -1.01. The quantitative estimate of drug-likeness (QED) is 0.866. The van der Waals surface area contributed by atoms with Crippen LogP contribution in [-0.4, -0.2) is 39.9 Å². The number of hydrogen-bond donors (Lipinski definition) is 1. The molecule has 1 saturated heterocycles. The first kappa shape index (κ1) is 16.2. The molecule has 0 aromatic heterocycles. The first-order valence-electron chi connectivity index (χ1n) is 6.49. The molecule has 0 saturated carbocycles. The van der Waals surface area contributed by atoms with E-state index in [2.05, 4.69) is 0 Å². The summed E-state index contributed by atoms with van der Waals surface area (Å²) < 4.78 is 25.8. The largest absolute Gasteiger partial charge is 0.392 e. The highest BCUT2D eigenvalue weighted by Gasteiger charge is 2.38. The van der Waals surface area contributed by atoms with Gasteiger partial charge in [-0.1, -0.05) is 12.2 Å². The summed E-state index contributed by atoms with van der Waals surface area (Å²) in [5.74, 6) is -2.27. The maximum atomic E-state index is 13.2. The zero-order valence-corrected chi connectivity index (χ0v) is 13.2. The lowest BCUT2D eigenvalue weighted by molar-refractivity contribution is 0.0718. The van der Waals surface area contributed by atoms with E-state index >= 15 is 0 Å². The van der Waals surface area contributed by atoms with Crippen LogP contribution in [0.2, 0.25) is 0 Å². The maximum Gasteiger partial charge on any atom is 0.253 e. The normalized spacial score (nSPS) is 17.6. The second kappa shape index (κ2) is 6.27. The second-order valence-corrected chi connectivity index (χ2v) is 6.61. The molecule has 1 amide bonds. The molecule has 1 aromatic carbocycles. The van der Waals surface area contributed by atoms with Gasteiger partial charge in [0.1, 0.15) is 0 Å². The first-order chi connectivity index (χ1) is 9.89. The van der Waals surface area contributed by atoms with Crippen molar-refractivity contribution in [3.05, 3.63) is 35.4 Å². The van der Waals surface area contributed by atoms with E-state index in [4.69, 9.17) is 18.0 Å². The number of piperidine rings is 1. The van der Waals surface area contributed by atoms with E-state index in [0.717, 1.165) is 12.1 Å².